The highest BCUT2D eigenvalue weighted by molar-refractivity contribution is 9.10. The number of esters is 1. The third-order valence-corrected chi connectivity index (χ3v) is 5.31. The molecule has 130 valence electrons. The zero-order valence-corrected chi connectivity index (χ0v) is 15.2. The smallest absolute Gasteiger partial charge is 0.344 e. The van der Waals surface area contributed by atoms with Crippen LogP contribution in [0.3, 0.4) is 0 Å². The number of halogens is 1. The second kappa shape index (κ2) is 5.83. The molecule has 3 atom stereocenters. The number of ether oxygens (including phenoxy) is 3. The van der Waals surface area contributed by atoms with Crippen LogP contribution in [0.25, 0.3) is 10.8 Å². The van der Waals surface area contributed by atoms with Crippen LogP contribution >= 0.6 is 15.9 Å². The molecule has 0 aliphatic carbocycles. The molecule has 0 radical (unpaired) electrons. The minimum Gasteiger partial charge on any atom is -0.467 e. The van der Waals surface area contributed by atoms with Gasteiger partial charge in [0.1, 0.15) is 6.61 Å². The van der Waals surface area contributed by atoms with E-state index < -0.39 is 23.3 Å². The van der Waals surface area contributed by atoms with E-state index in [0.717, 1.165) is 15.2 Å². The third-order valence-electron chi connectivity index (χ3n) is 4.81. The minimum atomic E-state index is -1.31. The molecule has 2 aromatic rings. The van der Waals surface area contributed by atoms with E-state index in [9.17, 15) is 9.90 Å². The van der Waals surface area contributed by atoms with Crippen LogP contribution in [-0.2, 0) is 24.6 Å². The Morgan fingerprint density at radius 2 is 2.04 bits per heavy atom. The van der Waals surface area contributed by atoms with E-state index in [2.05, 4.69) is 15.9 Å². The summed E-state index contributed by atoms with van der Waals surface area (Å²) in [6, 6.07) is 11.7. The van der Waals surface area contributed by atoms with Gasteiger partial charge in [-0.25, -0.2) is 4.79 Å². The molecular weight excluding hydrogens is 388 g/mol. The Morgan fingerprint density at radius 3 is 2.80 bits per heavy atom. The van der Waals surface area contributed by atoms with E-state index in [0.29, 0.717) is 5.56 Å². The molecule has 0 saturated carbocycles. The summed E-state index contributed by atoms with van der Waals surface area (Å²) in [6.45, 7) is 1.66. The van der Waals surface area contributed by atoms with E-state index >= 15 is 0 Å². The number of aliphatic hydroxyl groups excluding tert-OH is 1. The van der Waals surface area contributed by atoms with Crippen molar-refractivity contribution in [2.75, 3.05) is 13.2 Å². The van der Waals surface area contributed by atoms with Crippen molar-refractivity contribution < 1.29 is 24.1 Å². The molecule has 2 aliphatic heterocycles. The topological polar surface area (TPSA) is 65.0 Å². The van der Waals surface area contributed by atoms with Crippen LogP contribution in [-0.4, -0.2) is 30.1 Å². The molecule has 6 heteroatoms. The zero-order chi connectivity index (χ0) is 17.7. The maximum Gasteiger partial charge on any atom is 0.344 e. The monoisotopic (exact) mass is 404 g/mol. The second-order valence-electron chi connectivity index (χ2n) is 6.16. The first-order valence-corrected chi connectivity index (χ1v) is 8.87. The van der Waals surface area contributed by atoms with Crippen molar-refractivity contribution in [3.05, 3.63) is 58.8 Å². The number of carbonyl (C=O) groups excluding carboxylic acids is 1. The lowest BCUT2D eigenvalue weighted by Crippen LogP contribution is -2.70. The molecule has 0 spiro atoms. The fourth-order valence-corrected chi connectivity index (χ4v) is 4.02. The Labute approximate surface area is 153 Å². The van der Waals surface area contributed by atoms with Crippen molar-refractivity contribution in [3.8, 4) is 0 Å². The first kappa shape index (κ1) is 16.6. The second-order valence-corrected chi connectivity index (χ2v) is 7.07. The number of aliphatic hydroxyl groups is 1. The summed E-state index contributed by atoms with van der Waals surface area (Å²) in [6.07, 6.45) is 3.22. The number of benzene rings is 2. The van der Waals surface area contributed by atoms with Crippen LogP contribution < -0.4 is 0 Å². The van der Waals surface area contributed by atoms with Crippen LogP contribution in [0.2, 0.25) is 0 Å². The highest BCUT2D eigenvalue weighted by Gasteiger charge is 2.73. The molecule has 1 N–H and O–H groups in total. The highest BCUT2D eigenvalue weighted by atomic mass is 79.9. The third kappa shape index (κ3) is 2.25. The van der Waals surface area contributed by atoms with Crippen LogP contribution in [0, 0.1) is 5.92 Å². The molecule has 1 fully saturated rings. The van der Waals surface area contributed by atoms with Gasteiger partial charge in [-0.3, -0.25) is 0 Å². The molecule has 5 nitrogen and oxygen atoms in total. The summed E-state index contributed by atoms with van der Waals surface area (Å²) >= 11 is 3.46. The summed E-state index contributed by atoms with van der Waals surface area (Å²) in [5.41, 5.74) is -0.627. The molecule has 25 heavy (non-hydrogen) atoms. The lowest BCUT2D eigenvalue weighted by molar-refractivity contribution is -0.394. The predicted octanol–water partition coefficient (Wildman–Crippen LogP) is 3.24. The molecule has 1 saturated heterocycles. The Hall–Kier alpha value is -1.89. The van der Waals surface area contributed by atoms with Gasteiger partial charge >= 0.3 is 5.97 Å². The Bertz CT molecular complexity index is 879. The van der Waals surface area contributed by atoms with Crippen molar-refractivity contribution in [3.63, 3.8) is 0 Å². The number of carbonyl (C=O) groups is 1. The van der Waals surface area contributed by atoms with Crippen molar-refractivity contribution in [1.29, 1.82) is 0 Å². The van der Waals surface area contributed by atoms with Crippen LogP contribution in [0.1, 0.15) is 12.5 Å². The van der Waals surface area contributed by atoms with Gasteiger partial charge in [0, 0.05) is 4.47 Å². The zero-order valence-electron chi connectivity index (χ0n) is 13.6. The average molecular weight is 405 g/mol. The molecule has 4 rings (SSSR count). The summed E-state index contributed by atoms with van der Waals surface area (Å²) in [7, 11) is 0. The van der Waals surface area contributed by atoms with Crippen LogP contribution in [0.5, 0.6) is 0 Å². The SMILES string of the molecule is CCOC(=O)[C@@]1(c2ccc3cc(Br)ccc3c2)O[C@]2(CO)OC=C[C@@H]21. The Kier molecular flexibility index (Phi) is 3.86. The number of fused-ring (bicyclic) bond motifs is 2. The first-order valence-electron chi connectivity index (χ1n) is 8.08. The highest BCUT2D eigenvalue weighted by Crippen LogP contribution is 2.58. The van der Waals surface area contributed by atoms with Crippen LogP contribution in [0.4, 0.5) is 0 Å². The van der Waals surface area contributed by atoms with E-state index in [1.54, 1.807) is 13.0 Å². The van der Waals surface area contributed by atoms with E-state index in [-0.39, 0.29) is 13.2 Å². The first-order chi connectivity index (χ1) is 12.1. The Morgan fingerprint density at radius 1 is 1.28 bits per heavy atom. The van der Waals surface area contributed by atoms with Crippen molar-refractivity contribution in [2.24, 2.45) is 5.92 Å². The van der Waals surface area contributed by atoms with Crippen molar-refractivity contribution in [2.45, 2.75) is 18.3 Å². The standard InChI is InChI=1S/C19H17BrO5/c1-2-23-17(22)19(16-7-8-24-18(16,11-21)25-19)14-5-3-13-10-15(20)6-4-12(13)9-14/h3-10,16,21H,2,11H2,1H3/t16-,18-,19-/m0/s1. The maximum atomic E-state index is 12.8. The lowest BCUT2D eigenvalue weighted by Gasteiger charge is -2.55. The molecular formula is C19H17BrO5. The van der Waals surface area contributed by atoms with Gasteiger partial charge < -0.3 is 19.3 Å². The van der Waals surface area contributed by atoms with Gasteiger partial charge in [0.2, 0.25) is 11.4 Å². The molecule has 2 heterocycles. The predicted molar refractivity (Wildman–Crippen MR) is 94.6 cm³/mol. The maximum absolute atomic E-state index is 12.8. The van der Waals surface area contributed by atoms with E-state index in [1.165, 1.54) is 6.26 Å². The number of hydrogen-bond acceptors (Lipinski definition) is 5. The molecule has 0 amide bonds. The van der Waals surface area contributed by atoms with Gasteiger partial charge in [0.25, 0.3) is 0 Å². The van der Waals surface area contributed by atoms with Gasteiger partial charge in [0.05, 0.1) is 18.8 Å². The van der Waals surface area contributed by atoms with E-state index in [4.69, 9.17) is 14.2 Å². The molecule has 0 unspecified atom stereocenters. The van der Waals surface area contributed by atoms with Gasteiger partial charge in [-0.2, -0.15) is 0 Å². The van der Waals surface area contributed by atoms with Gasteiger partial charge in [-0.05, 0) is 47.5 Å². The molecule has 2 aliphatic rings. The van der Waals surface area contributed by atoms with Crippen molar-refractivity contribution >= 4 is 32.7 Å². The average Bonchev–Trinajstić information content (AvgIpc) is 2.94. The summed E-state index contributed by atoms with van der Waals surface area (Å²) < 4.78 is 17.6. The van der Waals surface area contributed by atoms with Gasteiger partial charge in [0.15, 0.2) is 0 Å². The summed E-state index contributed by atoms with van der Waals surface area (Å²) in [5.74, 6) is -2.13. The largest absolute Gasteiger partial charge is 0.467 e. The fraction of sp³-hybridized carbons (Fsp3) is 0.316. The summed E-state index contributed by atoms with van der Waals surface area (Å²) in [4.78, 5) is 12.8. The molecule has 0 aromatic heterocycles. The number of hydrogen-bond donors (Lipinski definition) is 1. The molecule has 0 bridgehead atoms. The lowest BCUT2D eigenvalue weighted by atomic mass is 9.70. The van der Waals surface area contributed by atoms with Crippen molar-refractivity contribution in [1.82, 2.24) is 0 Å². The fourth-order valence-electron chi connectivity index (χ4n) is 3.64. The minimum absolute atomic E-state index is 0.244. The quantitative estimate of drug-likeness (QED) is 0.792. The van der Waals surface area contributed by atoms with E-state index in [1.807, 2.05) is 36.4 Å². The van der Waals surface area contributed by atoms with Crippen LogP contribution in [0.15, 0.2) is 53.2 Å². The normalized spacial score (nSPS) is 29.8. The molecule has 2 aromatic carbocycles. The Balaban J connectivity index is 1.84. The van der Waals surface area contributed by atoms with Gasteiger partial charge in [-0.1, -0.05) is 34.1 Å². The number of rotatable bonds is 4. The van der Waals surface area contributed by atoms with Gasteiger partial charge in [-0.15, -0.1) is 0 Å². The summed E-state index contributed by atoms with van der Waals surface area (Å²) in [5, 5.41) is 11.7.